The van der Waals surface area contributed by atoms with Crippen molar-refractivity contribution in [2.24, 2.45) is 0 Å². The van der Waals surface area contributed by atoms with Crippen LogP contribution < -0.4 is 16.0 Å². The molecule has 0 aliphatic carbocycles. The van der Waals surface area contributed by atoms with E-state index in [1.807, 2.05) is 6.92 Å². The Balaban J connectivity index is 0.000000147. The number of H-pyrrole nitrogens is 3. The third-order valence-corrected chi connectivity index (χ3v) is 21.9. The van der Waals surface area contributed by atoms with E-state index in [0.717, 1.165) is 54.0 Å². The summed E-state index contributed by atoms with van der Waals surface area (Å²) in [7, 11) is -9.95. The minimum atomic E-state index is -3.36. The fourth-order valence-corrected chi connectivity index (χ4v) is 15.3. The lowest BCUT2D eigenvalue weighted by molar-refractivity contribution is 0.323. The van der Waals surface area contributed by atoms with Crippen LogP contribution in [0.1, 0.15) is 72.6 Å². The van der Waals surface area contributed by atoms with Crippen LogP contribution in [0.15, 0.2) is 74.0 Å². The molecule has 0 radical (unpaired) electrons. The minimum absolute atomic E-state index is 0.0399. The fraction of sp³-hybridized carbons (Fsp3) is 0.411. The second kappa shape index (κ2) is 27.7. The number of hydrogen-bond donors (Lipinski definition) is 6. The van der Waals surface area contributed by atoms with Gasteiger partial charge in [-0.2, -0.15) is 12.9 Å². The number of anilines is 3. The fourth-order valence-electron chi connectivity index (χ4n) is 10.6. The van der Waals surface area contributed by atoms with E-state index in [9.17, 15) is 38.4 Å². The lowest BCUT2D eigenvalue weighted by Crippen LogP contribution is -2.47. The summed E-state index contributed by atoms with van der Waals surface area (Å²) in [5.74, 6) is -0.550. The molecule has 12 heterocycles. The van der Waals surface area contributed by atoms with E-state index in [1.165, 1.54) is 31.5 Å². The first-order valence-corrected chi connectivity index (χ1v) is 34.6. The maximum atomic E-state index is 14.4. The summed E-state index contributed by atoms with van der Waals surface area (Å²) in [5.41, 5.74) is 3.82. The Bertz CT molecular complexity index is 4380. The van der Waals surface area contributed by atoms with Crippen LogP contribution >= 0.6 is 34.8 Å². The minimum Gasteiger partial charge on any atom is -0.363 e. The molecule has 474 valence electrons. The number of nitrogens with zero attached hydrogens (tertiary/aromatic N) is 12. The number of halogens is 6. The van der Waals surface area contributed by atoms with Gasteiger partial charge in [0.1, 0.15) is 16.9 Å². The van der Waals surface area contributed by atoms with E-state index >= 15 is 0 Å². The van der Waals surface area contributed by atoms with Gasteiger partial charge in [0, 0.05) is 127 Å². The number of piperidine rings is 3. The average Bonchev–Trinajstić information content (AvgIpc) is 2.40. The zero-order valence-electron chi connectivity index (χ0n) is 48.7. The number of nitrogens with one attached hydrogen (secondary N) is 6. The van der Waals surface area contributed by atoms with Crippen molar-refractivity contribution in [3.05, 3.63) is 106 Å². The largest absolute Gasteiger partial charge is 0.363 e. The summed E-state index contributed by atoms with van der Waals surface area (Å²) in [6, 6.07) is 4.51. The molecule has 3 saturated heterocycles. The molecule has 24 nitrogen and oxygen atoms in total. The first kappa shape index (κ1) is 65.1. The summed E-state index contributed by atoms with van der Waals surface area (Å²) >= 11 is 18.1. The Morgan fingerprint density at radius 2 is 0.854 bits per heavy atom. The number of rotatable bonds is 16. The molecule has 3 aliphatic rings. The second-order valence-corrected chi connectivity index (χ2v) is 29.9. The van der Waals surface area contributed by atoms with Gasteiger partial charge in [-0.25, -0.2) is 83.3 Å². The zero-order chi connectivity index (χ0) is 63.4. The molecular weight excluding hydrogens is 1280 g/mol. The van der Waals surface area contributed by atoms with Crippen LogP contribution in [0, 0.1) is 17.5 Å². The average molecular weight is 1340 g/mol. The second-order valence-electron chi connectivity index (χ2n) is 21.8. The summed E-state index contributed by atoms with van der Waals surface area (Å²) < 4.78 is 122. The van der Waals surface area contributed by atoms with Crippen LogP contribution in [0.2, 0.25) is 15.1 Å². The lowest BCUT2D eigenvalue weighted by atomic mass is 10.1. The molecule has 0 spiro atoms. The molecule has 6 N–H and O–H groups in total. The van der Waals surface area contributed by atoms with Gasteiger partial charge in [0.2, 0.25) is 30.1 Å². The molecule has 0 bridgehead atoms. The highest BCUT2D eigenvalue weighted by molar-refractivity contribution is 7.89. The monoisotopic (exact) mass is 1340 g/mol. The molecule has 0 saturated carbocycles. The third-order valence-electron chi connectivity index (χ3n) is 15.2. The highest BCUT2D eigenvalue weighted by Crippen LogP contribution is 2.33. The van der Waals surface area contributed by atoms with Gasteiger partial charge in [-0.05, 0) is 83.9 Å². The topological polar surface area (TPSA) is 312 Å². The van der Waals surface area contributed by atoms with Crippen molar-refractivity contribution in [3.63, 3.8) is 0 Å². The molecule has 0 unspecified atom stereocenters. The van der Waals surface area contributed by atoms with Crippen molar-refractivity contribution in [1.82, 2.24) is 72.7 Å². The molecule has 0 amide bonds. The first-order chi connectivity index (χ1) is 42.5. The molecule has 3 atom stereocenters. The predicted octanol–water partition coefficient (Wildman–Crippen LogP) is 9.89. The molecule has 9 aromatic heterocycles. The van der Waals surface area contributed by atoms with Crippen molar-refractivity contribution in [3.8, 4) is 34.2 Å². The van der Waals surface area contributed by atoms with Crippen LogP contribution in [0.25, 0.3) is 67.3 Å². The highest BCUT2D eigenvalue weighted by Gasteiger charge is 2.33. The normalized spacial score (nSPS) is 18.2. The Morgan fingerprint density at radius 3 is 1.19 bits per heavy atom. The Labute approximate surface area is 526 Å². The van der Waals surface area contributed by atoms with Crippen molar-refractivity contribution in [2.45, 2.75) is 96.0 Å². The maximum absolute atomic E-state index is 14.4. The van der Waals surface area contributed by atoms with Gasteiger partial charge in [0.25, 0.3) is 0 Å². The van der Waals surface area contributed by atoms with Crippen molar-refractivity contribution in [2.75, 3.05) is 66.7 Å². The van der Waals surface area contributed by atoms with E-state index in [1.54, 1.807) is 57.6 Å². The number of fused-ring (bicyclic) bond motifs is 3. The van der Waals surface area contributed by atoms with Crippen LogP contribution in [-0.4, -0.2) is 172 Å². The number of aromatic amines is 3. The van der Waals surface area contributed by atoms with E-state index in [0.29, 0.717) is 111 Å². The van der Waals surface area contributed by atoms with Crippen LogP contribution in [0.3, 0.4) is 0 Å². The summed E-state index contributed by atoms with van der Waals surface area (Å²) in [6.45, 7) is 9.04. The molecule has 0 aromatic carbocycles. The van der Waals surface area contributed by atoms with Crippen molar-refractivity contribution < 1.29 is 38.4 Å². The van der Waals surface area contributed by atoms with Crippen LogP contribution in [0.4, 0.5) is 30.6 Å². The Morgan fingerprint density at radius 1 is 0.517 bits per heavy atom. The molecule has 3 fully saturated rings. The van der Waals surface area contributed by atoms with Gasteiger partial charge in [-0.1, -0.05) is 41.7 Å². The third kappa shape index (κ3) is 15.1. The first-order valence-electron chi connectivity index (χ1n) is 28.7. The SMILES string of the molecule is CC(C)S(=O)(=O)N1CCC[C@@H](Nc2nc(-c3c[nH]c4ncc(Cl)cc34)ncc2F)C1.CCCS(=O)(=O)N1CCC[C@H](Nc2nc(-c3c[nH]c4ncc(Cl)cc34)ncc2F)C1.CCS(=O)(=O)N1CCC[C@@H](Nc2nc(-c3c[nH]c4ncc(Cl)cc34)ncc2F)C1. The standard InChI is InChI=1S/2C19H22ClFN6O2S.C18H20ClFN6O2S/c1-11(2)30(28,29)27-5-3-4-13(10-27)25-19-16(21)9-24-18(26-19)15-8-23-17-14(15)6-12(20)7-22-17;1-2-6-30(28,29)27-5-3-4-13(11-27)25-19-16(21)10-24-18(26-19)15-9-23-17-14(15)7-12(20)8-22-17;1-2-29(27,28)26-5-3-4-12(10-26)24-18-15(20)9-23-17(25-18)14-8-22-16-13(14)6-11(19)7-21-16/h6-9,11,13H,3-5,10H2,1-2H3,(H,22,23)(H,24,25,26);7-10,13H,2-6,11H2,1H3,(H,22,23)(H,24,25,26);6-9,12H,2-5,10H2,1H3,(H,21,22)(H,23,24,25)/t2*13-;12-/m101/s1. The molecular formula is C56H64Cl3F3N18O6S3. The van der Waals surface area contributed by atoms with Crippen molar-refractivity contribution >= 4 is 115 Å². The van der Waals surface area contributed by atoms with Gasteiger partial charge >= 0.3 is 0 Å². The van der Waals surface area contributed by atoms with E-state index in [2.05, 4.69) is 75.8 Å². The van der Waals surface area contributed by atoms with Gasteiger partial charge in [-0.15, -0.1) is 0 Å². The molecule has 3 aliphatic heterocycles. The molecule has 89 heavy (non-hydrogen) atoms. The van der Waals surface area contributed by atoms with Crippen molar-refractivity contribution in [1.29, 1.82) is 0 Å². The van der Waals surface area contributed by atoms with E-state index in [4.69, 9.17) is 34.8 Å². The molecule has 12 rings (SSSR count). The highest BCUT2D eigenvalue weighted by atomic mass is 35.5. The number of aromatic nitrogens is 12. The lowest BCUT2D eigenvalue weighted by Gasteiger charge is -2.33. The predicted molar refractivity (Wildman–Crippen MR) is 339 cm³/mol. The Kier molecular flexibility index (Phi) is 20.2. The quantitative estimate of drug-likeness (QED) is 0.0524. The van der Waals surface area contributed by atoms with E-state index in [-0.39, 0.29) is 66.7 Å². The van der Waals surface area contributed by atoms with Gasteiger partial charge in [0.05, 0.1) is 50.4 Å². The van der Waals surface area contributed by atoms with Gasteiger partial charge in [0.15, 0.2) is 52.4 Å². The number of sulfonamides is 3. The van der Waals surface area contributed by atoms with Crippen LogP contribution in [-0.2, 0) is 30.1 Å². The molecule has 33 heteroatoms. The number of hydrogen-bond acceptors (Lipinski definition) is 18. The van der Waals surface area contributed by atoms with Crippen LogP contribution in [0.5, 0.6) is 0 Å². The summed E-state index contributed by atoms with van der Waals surface area (Å²) in [4.78, 5) is 47.1. The summed E-state index contributed by atoms with van der Waals surface area (Å²) in [5, 5.41) is 12.3. The zero-order valence-corrected chi connectivity index (χ0v) is 53.4. The van der Waals surface area contributed by atoms with Gasteiger partial charge in [-0.3, -0.25) is 0 Å². The van der Waals surface area contributed by atoms with Gasteiger partial charge < -0.3 is 30.9 Å². The van der Waals surface area contributed by atoms with E-state index < -0.39 is 52.8 Å². The molecule has 9 aromatic rings. The number of pyridine rings is 3. The smallest absolute Gasteiger partial charge is 0.216 e. The maximum Gasteiger partial charge on any atom is 0.216 e. The summed E-state index contributed by atoms with van der Waals surface area (Å²) in [6.07, 6.45) is 17.8. The Hall–Kier alpha value is -6.90.